The fourth-order valence-electron chi connectivity index (χ4n) is 3.44. The summed E-state index contributed by atoms with van der Waals surface area (Å²) in [6.07, 6.45) is -4.02. The topological polar surface area (TPSA) is 41.6 Å². The van der Waals surface area contributed by atoms with Crippen LogP contribution in [0.25, 0.3) is 22.0 Å². The molecule has 32 heavy (non-hydrogen) atoms. The molecule has 0 saturated carbocycles. The van der Waals surface area contributed by atoms with Gasteiger partial charge in [0.05, 0.1) is 17.3 Å². The molecule has 0 saturated heterocycles. The minimum Gasteiger partial charge on any atom is -0.261 e. The van der Waals surface area contributed by atoms with Gasteiger partial charge in [-0.25, -0.2) is 0 Å². The van der Waals surface area contributed by atoms with Crippen molar-refractivity contribution in [3.8, 4) is 0 Å². The zero-order valence-corrected chi connectivity index (χ0v) is 18.0. The van der Waals surface area contributed by atoms with E-state index in [9.17, 15) is 17.6 Å². The van der Waals surface area contributed by atoms with Crippen molar-refractivity contribution in [3.63, 3.8) is 0 Å². The maximum Gasteiger partial charge on any atom is 0.393 e. The quantitative estimate of drug-likeness (QED) is 0.266. The Morgan fingerprint density at radius 3 is 2.22 bits per heavy atom. The van der Waals surface area contributed by atoms with E-state index in [-0.39, 0.29) is 11.0 Å². The van der Waals surface area contributed by atoms with Crippen LogP contribution in [0.4, 0.5) is 17.6 Å². The first-order chi connectivity index (χ1) is 15.3. The number of aromatic amines is 1. The number of halogens is 4. The molecule has 166 valence electrons. The first-order valence-electron chi connectivity index (χ1n) is 10.2. The van der Waals surface area contributed by atoms with Gasteiger partial charge < -0.3 is 0 Å². The SMILES string of the molecule is CC.Cc1ccc(/C(=C(/CC(F)(F)F)c2ccccc2)c2ccc3n[nH]c(F)c3c2)cn1. The Morgan fingerprint density at radius 2 is 1.59 bits per heavy atom. The number of rotatable bonds is 4. The van der Waals surface area contributed by atoms with E-state index in [1.54, 1.807) is 67.7 Å². The smallest absolute Gasteiger partial charge is 0.261 e. The van der Waals surface area contributed by atoms with E-state index in [1.165, 1.54) is 6.07 Å². The van der Waals surface area contributed by atoms with Crippen molar-refractivity contribution in [2.24, 2.45) is 0 Å². The molecule has 1 N–H and O–H groups in total. The van der Waals surface area contributed by atoms with E-state index in [1.807, 2.05) is 13.8 Å². The van der Waals surface area contributed by atoms with Gasteiger partial charge in [0.1, 0.15) is 0 Å². The summed E-state index contributed by atoms with van der Waals surface area (Å²) in [6.45, 7) is 5.80. The molecule has 0 fully saturated rings. The summed E-state index contributed by atoms with van der Waals surface area (Å²) < 4.78 is 54.9. The normalized spacial score (nSPS) is 12.2. The van der Waals surface area contributed by atoms with Gasteiger partial charge in [-0.1, -0.05) is 56.3 Å². The number of aromatic nitrogens is 3. The third kappa shape index (κ3) is 5.22. The van der Waals surface area contributed by atoms with E-state index in [2.05, 4.69) is 15.2 Å². The Hall–Kier alpha value is -3.48. The molecule has 0 aliphatic rings. The fourth-order valence-corrected chi connectivity index (χ4v) is 3.44. The zero-order valence-electron chi connectivity index (χ0n) is 18.0. The summed E-state index contributed by atoms with van der Waals surface area (Å²) >= 11 is 0. The number of benzene rings is 2. The van der Waals surface area contributed by atoms with Crippen molar-refractivity contribution in [1.29, 1.82) is 0 Å². The summed E-state index contributed by atoms with van der Waals surface area (Å²) in [5, 5.41) is 6.33. The highest BCUT2D eigenvalue weighted by Gasteiger charge is 2.31. The summed E-state index contributed by atoms with van der Waals surface area (Å²) in [4.78, 5) is 4.26. The molecule has 0 amide bonds. The van der Waals surface area contributed by atoms with E-state index >= 15 is 0 Å². The number of nitrogens with one attached hydrogen (secondary N) is 1. The maximum absolute atomic E-state index is 14.1. The van der Waals surface area contributed by atoms with Gasteiger partial charge in [-0.3, -0.25) is 10.1 Å². The van der Waals surface area contributed by atoms with Crippen molar-refractivity contribution in [2.75, 3.05) is 0 Å². The summed E-state index contributed by atoms with van der Waals surface area (Å²) in [7, 11) is 0. The third-order valence-electron chi connectivity index (χ3n) is 4.80. The Bertz CT molecular complexity index is 1210. The van der Waals surface area contributed by atoms with E-state index in [0.717, 1.165) is 5.69 Å². The number of hydrogen-bond acceptors (Lipinski definition) is 2. The molecule has 2 aromatic heterocycles. The molecular formula is C25H23F4N3. The van der Waals surface area contributed by atoms with Crippen LogP contribution in [0, 0.1) is 12.9 Å². The average molecular weight is 441 g/mol. The standard InChI is InChI=1S/C23H17F4N3.C2H6/c1-14-7-8-17(13-28-14)21(16-9-10-20-18(11-16)22(24)30-29-20)19(12-23(25,26)27)15-5-3-2-4-6-15;1-2/h2-11,13H,12H2,1H3,(H,29,30);1-2H3/b21-19-;. The molecule has 0 aliphatic heterocycles. The lowest BCUT2D eigenvalue weighted by atomic mass is 9.88. The van der Waals surface area contributed by atoms with Crippen LogP contribution in [0.15, 0.2) is 66.9 Å². The third-order valence-corrected chi connectivity index (χ3v) is 4.80. The lowest BCUT2D eigenvalue weighted by Crippen LogP contribution is -2.10. The van der Waals surface area contributed by atoms with Gasteiger partial charge in [0.2, 0.25) is 5.95 Å². The van der Waals surface area contributed by atoms with Crippen LogP contribution in [0.3, 0.4) is 0 Å². The highest BCUT2D eigenvalue weighted by atomic mass is 19.4. The largest absolute Gasteiger partial charge is 0.393 e. The van der Waals surface area contributed by atoms with Crippen molar-refractivity contribution in [2.45, 2.75) is 33.4 Å². The first kappa shape index (κ1) is 23.2. The highest BCUT2D eigenvalue weighted by Crippen LogP contribution is 2.39. The minimum absolute atomic E-state index is 0.0945. The molecule has 0 radical (unpaired) electrons. The Morgan fingerprint density at radius 1 is 0.906 bits per heavy atom. The van der Waals surface area contributed by atoms with E-state index in [0.29, 0.717) is 27.8 Å². The molecule has 4 rings (SSSR count). The van der Waals surface area contributed by atoms with Crippen molar-refractivity contribution >= 4 is 22.0 Å². The van der Waals surface area contributed by atoms with Gasteiger partial charge in [-0.05, 0) is 47.4 Å². The molecule has 7 heteroatoms. The number of hydrogen-bond donors (Lipinski definition) is 1. The predicted octanol–water partition coefficient (Wildman–Crippen LogP) is 7.34. The number of pyridine rings is 1. The minimum atomic E-state index is -4.43. The highest BCUT2D eigenvalue weighted by molar-refractivity contribution is 6.00. The summed E-state index contributed by atoms with van der Waals surface area (Å²) in [5.74, 6) is -0.634. The van der Waals surface area contributed by atoms with Crippen LogP contribution in [-0.4, -0.2) is 21.4 Å². The van der Waals surface area contributed by atoms with Crippen LogP contribution in [0.2, 0.25) is 0 Å². The second-order valence-corrected chi connectivity index (χ2v) is 6.97. The fraction of sp³-hybridized carbons (Fsp3) is 0.200. The number of aryl methyl sites for hydroxylation is 1. The van der Waals surface area contributed by atoms with Crippen molar-refractivity contribution in [3.05, 3.63) is 95.2 Å². The monoisotopic (exact) mass is 441 g/mol. The lowest BCUT2D eigenvalue weighted by molar-refractivity contribution is -0.122. The van der Waals surface area contributed by atoms with Crippen LogP contribution >= 0.6 is 0 Å². The summed E-state index contributed by atoms with van der Waals surface area (Å²) in [6, 6.07) is 16.6. The zero-order chi connectivity index (χ0) is 23.3. The Balaban J connectivity index is 0.00000141. The van der Waals surface area contributed by atoms with Crippen molar-refractivity contribution < 1.29 is 17.6 Å². The Labute approximate surface area is 183 Å². The molecule has 0 atom stereocenters. The predicted molar refractivity (Wildman–Crippen MR) is 119 cm³/mol. The van der Waals surface area contributed by atoms with Gasteiger partial charge in [0, 0.05) is 17.5 Å². The molecule has 2 aromatic carbocycles. The molecule has 2 heterocycles. The maximum atomic E-state index is 14.1. The van der Waals surface area contributed by atoms with Gasteiger partial charge in [-0.2, -0.15) is 22.7 Å². The lowest BCUT2D eigenvalue weighted by Gasteiger charge is -2.19. The molecule has 0 unspecified atom stereocenters. The number of nitrogens with zero attached hydrogens (tertiary/aromatic N) is 2. The van der Waals surface area contributed by atoms with Gasteiger partial charge >= 0.3 is 6.18 Å². The number of H-pyrrole nitrogens is 1. The molecule has 0 bridgehead atoms. The van der Waals surface area contributed by atoms with Gasteiger partial charge in [0.15, 0.2) is 0 Å². The summed E-state index contributed by atoms with van der Waals surface area (Å²) in [5.41, 5.74) is 3.01. The molecule has 0 spiro atoms. The van der Waals surface area contributed by atoms with Crippen molar-refractivity contribution in [1.82, 2.24) is 15.2 Å². The molecule has 4 aromatic rings. The molecular weight excluding hydrogens is 418 g/mol. The van der Waals surface area contributed by atoms with Gasteiger partial charge in [0.25, 0.3) is 0 Å². The number of alkyl halides is 3. The van der Waals surface area contributed by atoms with E-state index in [4.69, 9.17) is 0 Å². The molecule has 0 aliphatic carbocycles. The van der Waals surface area contributed by atoms with E-state index < -0.39 is 18.5 Å². The number of fused-ring (bicyclic) bond motifs is 1. The average Bonchev–Trinajstić information content (AvgIpc) is 3.16. The van der Waals surface area contributed by atoms with Gasteiger partial charge in [-0.15, -0.1) is 0 Å². The molecule has 3 nitrogen and oxygen atoms in total. The second kappa shape index (κ2) is 9.77. The second-order valence-electron chi connectivity index (χ2n) is 6.97. The number of allylic oxidation sites excluding steroid dienone is 1. The Kier molecular flexibility index (Phi) is 7.08. The van der Waals surface area contributed by atoms with Crippen LogP contribution in [0.5, 0.6) is 0 Å². The first-order valence-corrected chi connectivity index (χ1v) is 10.2. The van der Waals surface area contributed by atoms with Crippen LogP contribution in [-0.2, 0) is 0 Å². The van der Waals surface area contributed by atoms with Crippen LogP contribution in [0.1, 0.15) is 42.7 Å². The van der Waals surface area contributed by atoms with Crippen LogP contribution < -0.4 is 0 Å².